The fourth-order valence-corrected chi connectivity index (χ4v) is 0.534. The van der Waals surface area contributed by atoms with E-state index in [1.54, 1.807) is 12.3 Å². The summed E-state index contributed by atoms with van der Waals surface area (Å²) < 4.78 is 0. The highest BCUT2D eigenvalue weighted by molar-refractivity contribution is 5.41. The van der Waals surface area contributed by atoms with Crippen LogP contribution in [-0.4, -0.2) is 10.1 Å². The molecule has 1 rings (SSSR count). The minimum absolute atomic E-state index is 0.0507. The van der Waals surface area contributed by atoms with Crippen LogP contribution in [-0.2, 0) is 6.61 Å². The molecule has 3 N–H and O–H groups in total. The Morgan fingerprint density at radius 3 is 3.00 bits per heavy atom. The van der Waals surface area contributed by atoms with Crippen molar-refractivity contribution in [3.8, 4) is 0 Å². The van der Waals surface area contributed by atoms with E-state index >= 15 is 0 Å². The Morgan fingerprint density at radius 1 is 1.78 bits per heavy atom. The molecule has 1 heterocycles. The Kier molecular flexibility index (Phi) is 1.65. The monoisotopic (exact) mass is 123 g/mol. The van der Waals surface area contributed by atoms with Crippen LogP contribution >= 0.6 is 0 Å². The molecule has 0 fully saturated rings. The maximum absolute atomic E-state index is 8.59. The van der Waals surface area contributed by atoms with Crippen LogP contribution in [0.2, 0.25) is 0 Å². The number of aliphatic hydroxyl groups is 1. The van der Waals surface area contributed by atoms with Crippen LogP contribution in [0.1, 0.15) is 5.56 Å². The lowest BCUT2D eigenvalue weighted by Gasteiger charge is -1.96. The molecule has 0 aliphatic rings. The van der Waals surface area contributed by atoms with Crippen molar-refractivity contribution in [1.82, 2.24) is 4.98 Å². The molecular weight excluding hydrogens is 116 g/mol. The quantitative estimate of drug-likeness (QED) is 0.550. The van der Waals surface area contributed by atoms with Crippen LogP contribution in [0.3, 0.4) is 0 Å². The number of aliphatic hydroxyl groups excluding tert-OH is 1. The van der Waals surface area contributed by atoms with Crippen molar-refractivity contribution in [2.75, 3.05) is 5.73 Å². The second kappa shape index (κ2) is 2.46. The number of nitrogens with zero attached hydrogens (tertiary/aromatic N) is 1. The van der Waals surface area contributed by atoms with Crippen molar-refractivity contribution in [3.05, 3.63) is 24.0 Å². The second-order valence-electron chi connectivity index (χ2n) is 1.65. The van der Waals surface area contributed by atoms with Crippen molar-refractivity contribution in [3.63, 3.8) is 0 Å². The average Bonchev–Trinajstić information content (AvgIpc) is 1.89. The summed E-state index contributed by atoms with van der Waals surface area (Å²) in [7, 11) is 0. The molecule has 3 nitrogen and oxygen atoms in total. The van der Waals surface area contributed by atoms with E-state index in [0.717, 1.165) is 0 Å². The minimum Gasteiger partial charge on any atom is -0.397 e. The zero-order valence-electron chi connectivity index (χ0n) is 4.83. The number of rotatable bonds is 1. The minimum atomic E-state index is -0.0507. The molecule has 0 aromatic carbocycles. The van der Waals surface area contributed by atoms with Gasteiger partial charge in [-0.15, -0.1) is 0 Å². The Morgan fingerprint density at radius 2 is 2.56 bits per heavy atom. The molecule has 0 saturated heterocycles. The zero-order chi connectivity index (χ0) is 6.69. The maximum atomic E-state index is 8.59. The molecular formula is C6H7N2O. The van der Waals surface area contributed by atoms with Gasteiger partial charge in [-0.05, 0) is 6.07 Å². The average molecular weight is 123 g/mol. The fraction of sp³-hybridized carbons (Fsp3) is 0.167. The van der Waals surface area contributed by atoms with E-state index in [0.29, 0.717) is 11.3 Å². The molecule has 0 aliphatic heterocycles. The standard InChI is InChI=1S/C6H7N2O/c7-6-3-8-2-1-5(6)4-9/h1-2,9H,4,7H2. The summed E-state index contributed by atoms with van der Waals surface area (Å²) in [6.45, 7) is -0.0507. The molecule has 1 aromatic heterocycles. The topological polar surface area (TPSA) is 59.1 Å². The normalized spacial score (nSPS) is 9.44. The van der Waals surface area contributed by atoms with Gasteiger partial charge in [-0.2, -0.15) is 0 Å². The predicted molar refractivity (Wildman–Crippen MR) is 33.4 cm³/mol. The molecule has 0 atom stereocenters. The largest absolute Gasteiger partial charge is 0.397 e. The molecule has 0 unspecified atom stereocenters. The SMILES string of the molecule is Nc1[c]nccc1CO. The summed E-state index contributed by atoms with van der Waals surface area (Å²) in [5.41, 5.74) is 6.44. The van der Waals surface area contributed by atoms with Gasteiger partial charge in [-0.1, -0.05) is 0 Å². The van der Waals surface area contributed by atoms with E-state index in [9.17, 15) is 0 Å². The first kappa shape index (κ1) is 6.04. The summed E-state index contributed by atoms with van der Waals surface area (Å²) in [5.74, 6) is 0. The van der Waals surface area contributed by atoms with Crippen molar-refractivity contribution in [2.45, 2.75) is 6.61 Å². The lowest BCUT2D eigenvalue weighted by atomic mass is 10.2. The van der Waals surface area contributed by atoms with E-state index in [1.165, 1.54) is 0 Å². The van der Waals surface area contributed by atoms with Crippen molar-refractivity contribution >= 4 is 5.69 Å². The number of nitrogens with two attached hydrogens (primary N) is 1. The number of nitrogen functional groups attached to an aromatic ring is 1. The summed E-state index contributed by atoms with van der Waals surface area (Å²) in [6.07, 6.45) is 4.06. The van der Waals surface area contributed by atoms with Crippen LogP contribution in [0.4, 0.5) is 5.69 Å². The second-order valence-corrected chi connectivity index (χ2v) is 1.65. The van der Waals surface area contributed by atoms with E-state index < -0.39 is 0 Å². The van der Waals surface area contributed by atoms with E-state index in [1.807, 2.05) is 0 Å². The number of hydrogen-bond acceptors (Lipinski definition) is 3. The van der Waals surface area contributed by atoms with E-state index in [4.69, 9.17) is 10.8 Å². The van der Waals surface area contributed by atoms with Crippen molar-refractivity contribution in [1.29, 1.82) is 0 Å². The summed E-state index contributed by atoms with van der Waals surface area (Å²) >= 11 is 0. The van der Waals surface area contributed by atoms with Crippen LogP contribution in [0.15, 0.2) is 12.3 Å². The van der Waals surface area contributed by atoms with Gasteiger partial charge in [0.05, 0.1) is 12.3 Å². The molecule has 0 spiro atoms. The molecule has 0 aliphatic carbocycles. The molecule has 0 bridgehead atoms. The number of anilines is 1. The highest BCUT2D eigenvalue weighted by Gasteiger charge is 1.93. The molecule has 1 radical (unpaired) electrons. The maximum Gasteiger partial charge on any atom is 0.114 e. The highest BCUT2D eigenvalue weighted by Crippen LogP contribution is 2.05. The lowest BCUT2D eigenvalue weighted by Crippen LogP contribution is -1.94. The smallest absolute Gasteiger partial charge is 0.114 e. The van der Waals surface area contributed by atoms with Crippen LogP contribution in [0, 0.1) is 6.20 Å². The van der Waals surface area contributed by atoms with Crippen LogP contribution in [0.5, 0.6) is 0 Å². The Labute approximate surface area is 53.2 Å². The summed E-state index contributed by atoms with van der Waals surface area (Å²) in [6, 6.07) is 1.66. The molecule has 9 heavy (non-hydrogen) atoms. The predicted octanol–water partition coefficient (Wildman–Crippen LogP) is -0.0437. The highest BCUT2D eigenvalue weighted by atomic mass is 16.3. The zero-order valence-corrected chi connectivity index (χ0v) is 4.83. The third-order valence-corrected chi connectivity index (χ3v) is 1.05. The molecule has 1 aromatic rings. The number of hydrogen-bond donors (Lipinski definition) is 2. The van der Waals surface area contributed by atoms with Gasteiger partial charge < -0.3 is 10.8 Å². The van der Waals surface area contributed by atoms with Crippen LogP contribution < -0.4 is 5.73 Å². The van der Waals surface area contributed by atoms with Gasteiger partial charge in [0.2, 0.25) is 0 Å². The first-order valence-corrected chi connectivity index (χ1v) is 2.56. The van der Waals surface area contributed by atoms with E-state index in [2.05, 4.69) is 11.2 Å². The van der Waals surface area contributed by atoms with Gasteiger partial charge in [-0.25, -0.2) is 0 Å². The number of pyridine rings is 1. The molecule has 47 valence electrons. The van der Waals surface area contributed by atoms with Gasteiger partial charge in [0.15, 0.2) is 0 Å². The fourth-order valence-electron chi connectivity index (χ4n) is 0.534. The molecule has 0 saturated carbocycles. The Bertz CT molecular complexity index is 200. The molecule has 0 amide bonds. The van der Waals surface area contributed by atoms with Gasteiger partial charge in [0, 0.05) is 11.8 Å². The van der Waals surface area contributed by atoms with E-state index in [-0.39, 0.29) is 6.61 Å². The van der Waals surface area contributed by atoms with Gasteiger partial charge in [-0.3, -0.25) is 4.98 Å². The third kappa shape index (κ3) is 1.17. The summed E-state index contributed by atoms with van der Waals surface area (Å²) in [4.78, 5) is 3.63. The van der Waals surface area contributed by atoms with Crippen molar-refractivity contribution in [2.24, 2.45) is 0 Å². The lowest BCUT2D eigenvalue weighted by molar-refractivity contribution is 0.282. The van der Waals surface area contributed by atoms with Crippen LogP contribution in [0.25, 0.3) is 0 Å². The Hall–Kier alpha value is -1.09. The summed E-state index contributed by atoms with van der Waals surface area (Å²) in [5, 5.41) is 8.59. The van der Waals surface area contributed by atoms with Gasteiger partial charge in [0.1, 0.15) is 6.20 Å². The first-order valence-electron chi connectivity index (χ1n) is 2.56. The third-order valence-electron chi connectivity index (χ3n) is 1.05. The van der Waals surface area contributed by atoms with Gasteiger partial charge >= 0.3 is 0 Å². The first-order chi connectivity index (χ1) is 4.34. The van der Waals surface area contributed by atoms with Crippen molar-refractivity contribution < 1.29 is 5.11 Å². The van der Waals surface area contributed by atoms with Gasteiger partial charge in [0.25, 0.3) is 0 Å². The number of aromatic nitrogens is 1. The molecule has 3 heteroatoms. The Balaban J connectivity index is 3.01.